The van der Waals surface area contributed by atoms with Crippen LogP contribution in [0, 0.1) is 6.92 Å². The zero-order valence-corrected chi connectivity index (χ0v) is 9.96. The summed E-state index contributed by atoms with van der Waals surface area (Å²) in [6.45, 7) is 3.09. The van der Waals surface area contributed by atoms with Gasteiger partial charge in [0.2, 0.25) is 0 Å². The van der Waals surface area contributed by atoms with Crippen LogP contribution >= 0.6 is 11.3 Å². The van der Waals surface area contributed by atoms with Crippen LogP contribution in [0.4, 0.5) is 0 Å². The largest absolute Gasteiger partial charge is 0.487 e. The first-order valence-electron chi connectivity index (χ1n) is 5.10. The Labute approximate surface area is 98.9 Å². The van der Waals surface area contributed by atoms with Gasteiger partial charge in [-0.1, -0.05) is 18.2 Å². The van der Waals surface area contributed by atoms with Crippen molar-refractivity contribution in [2.75, 3.05) is 0 Å². The van der Waals surface area contributed by atoms with E-state index in [9.17, 15) is 0 Å². The molecule has 0 aliphatic carbocycles. The Balaban J connectivity index is 2.14. The average Bonchev–Trinajstić information content (AvgIpc) is 2.80. The van der Waals surface area contributed by atoms with Crippen LogP contribution < -0.4 is 10.5 Å². The first-order chi connectivity index (χ1) is 7.81. The van der Waals surface area contributed by atoms with Crippen LogP contribution in [0.5, 0.6) is 5.75 Å². The molecule has 16 heavy (non-hydrogen) atoms. The summed E-state index contributed by atoms with van der Waals surface area (Å²) in [6.07, 6.45) is 1.82. The molecule has 4 heteroatoms. The quantitative estimate of drug-likeness (QED) is 0.884. The number of aromatic nitrogens is 1. The monoisotopic (exact) mass is 234 g/mol. The van der Waals surface area contributed by atoms with E-state index in [1.165, 1.54) is 0 Å². The number of nitrogens with zero attached hydrogens (tertiary/aromatic N) is 1. The number of hydrogen-bond acceptors (Lipinski definition) is 4. The van der Waals surface area contributed by atoms with Gasteiger partial charge >= 0.3 is 0 Å². The number of ether oxygens (including phenoxy) is 1. The molecule has 0 saturated carbocycles. The maximum atomic E-state index is 5.79. The van der Waals surface area contributed by atoms with Crippen molar-refractivity contribution in [3.05, 3.63) is 45.9 Å². The normalized spacial score (nSPS) is 10.4. The number of nitrogens with two attached hydrogens (primary N) is 1. The molecule has 2 N–H and O–H groups in total. The van der Waals surface area contributed by atoms with Crippen LogP contribution in [0.1, 0.15) is 16.0 Å². The van der Waals surface area contributed by atoms with E-state index >= 15 is 0 Å². The highest BCUT2D eigenvalue weighted by molar-refractivity contribution is 7.09. The summed E-state index contributed by atoms with van der Waals surface area (Å²) < 4.78 is 5.79. The topological polar surface area (TPSA) is 48.1 Å². The molecule has 1 heterocycles. The molecule has 0 spiro atoms. The lowest BCUT2D eigenvalue weighted by Crippen LogP contribution is -2.03. The van der Waals surface area contributed by atoms with Gasteiger partial charge < -0.3 is 10.5 Å². The fraction of sp³-hybridized carbons (Fsp3) is 0.250. The Kier molecular flexibility index (Phi) is 3.54. The van der Waals surface area contributed by atoms with E-state index in [0.717, 1.165) is 21.8 Å². The van der Waals surface area contributed by atoms with Crippen molar-refractivity contribution in [1.82, 2.24) is 4.98 Å². The summed E-state index contributed by atoms with van der Waals surface area (Å²) in [6, 6.07) is 6.02. The molecule has 0 bridgehead atoms. The Morgan fingerprint density at radius 1 is 1.44 bits per heavy atom. The highest BCUT2D eigenvalue weighted by Gasteiger charge is 2.06. The SMILES string of the molecule is Cc1cccc(CN)c1OCc1cncs1. The molecule has 0 fully saturated rings. The number of thiazole rings is 1. The zero-order valence-electron chi connectivity index (χ0n) is 9.14. The van der Waals surface area contributed by atoms with Gasteiger partial charge in [-0.3, -0.25) is 4.98 Å². The molecule has 3 nitrogen and oxygen atoms in total. The van der Waals surface area contributed by atoms with Crippen molar-refractivity contribution in [2.45, 2.75) is 20.1 Å². The molecule has 0 radical (unpaired) electrons. The second-order valence-electron chi connectivity index (χ2n) is 3.52. The van der Waals surface area contributed by atoms with Crippen molar-refractivity contribution < 1.29 is 4.74 Å². The van der Waals surface area contributed by atoms with Gasteiger partial charge in [0.25, 0.3) is 0 Å². The minimum absolute atomic E-state index is 0.500. The van der Waals surface area contributed by atoms with E-state index in [2.05, 4.69) is 4.98 Å². The van der Waals surface area contributed by atoms with Crippen molar-refractivity contribution >= 4 is 11.3 Å². The Hall–Kier alpha value is -1.39. The van der Waals surface area contributed by atoms with Crippen LogP contribution in [0.3, 0.4) is 0 Å². The fourth-order valence-electron chi connectivity index (χ4n) is 1.54. The van der Waals surface area contributed by atoms with Gasteiger partial charge in [0, 0.05) is 18.3 Å². The smallest absolute Gasteiger partial charge is 0.127 e. The van der Waals surface area contributed by atoms with Crippen LogP contribution in [0.2, 0.25) is 0 Å². The van der Waals surface area contributed by atoms with E-state index in [4.69, 9.17) is 10.5 Å². The molecule has 1 aromatic heterocycles. The lowest BCUT2D eigenvalue weighted by atomic mass is 10.1. The van der Waals surface area contributed by atoms with E-state index in [1.54, 1.807) is 16.8 Å². The van der Waals surface area contributed by atoms with E-state index in [0.29, 0.717) is 13.2 Å². The Morgan fingerprint density at radius 2 is 2.31 bits per heavy atom. The van der Waals surface area contributed by atoms with Gasteiger partial charge in [-0.15, -0.1) is 11.3 Å². The predicted molar refractivity (Wildman–Crippen MR) is 65.5 cm³/mol. The van der Waals surface area contributed by atoms with E-state index < -0.39 is 0 Å². The van der Waals surface area contributed by atoms with Crippen molar-refractivity contribution in [1.29, 1.82) is 0 Å². The van der Waals surface area contributed by atoms with Gasteiger partial charge in [0.05, 0.1) is 10.4 Å². The standard InChI is InChI=1S/C12H14N2OS/c1-9-3-2-4-10(5-13)12(9)15-7-11-6-14-8-16-11/h2-4,6,8H,5,7,13H2,1H3. The van der Waals surface area contributed by atoms with Gasteiger partial charge in [-0.05, 0) is 12.5 Å². The maximum Gasteiger partial charge on any atom is 0.127 e. The number of rotatable bonds is 4. The number of benzene rings is 1. The highest BCUT2D eigenvalue weighted by Crippen LogP contribution is 2.24. The molecule has 84 valence electrons. The first kappa shape index (κ1) is 11.1. The summed E-state index contributed by atoms with van der Waals surface area (Å²) in [7, 11) is 0. The van der Waals surface area contributed by atoms with Crippen LogP contribution in [0.15, 0.2) is 29.9 Å². The van der Waals surface area contributed by atoms with Gasteiger partial charge in [-0.25, -0.2) is 0 Å². The van der Waals surface area contributed by atoms with E-state index in [-0.39, 0.29) is 0 Å². The molecule has 0 aliphatic rings. The summed E-state index contributed by atoms with van der Waals surface area (Å²) >= 11 is 1.59. The zero-order chi connectivity index (χ0) is 11.4. The Bertz CT molecular complexity index is 454. The fourth-order valence-corrected chi connectivity index (χ4v) is 2.04. The summed E-state index contributed by atoms with van der Waals surface area (Å²) in [5.74, 6) is 0.901. The van der Waals surface area contributed by atoms with Crippen LogP contribution in [-0.4, -0.2) is 4.98 Å². The summed E-state index contributed by atoms with van der Waals surface area (Å²) in [4.78, 5) is 5.13. The molecule has 1 aromatic carbocycles. The maximum absolute atomic E-state index is 5.79. The molecule has 2 aromatic rings. The van der Waals surface area contributed by atoms with Crippen molar-refractivity contribution in [3.8, 4) is 5.75 Å². The minimum atomic E-state index is 0.500. The molecule has 0 unspecified atom stereocenters. The minimum Gasteiger partial charge on any atom is -0.487 e. The lowest BCUT2D eigenvalue weighted by Gasteiger charge is -2.12. The third kappa shape index (κ3) is 2.40. The summed E-state index contributed by atoms with van der Waals surface area (Å²) in [5.41, 5.74) is 9.65. The molecule has 0 amide bonds. The molecule has 0 atom stereocenters. The molecule has 0 aliphatic heterocycles. The average molecular weight is 234 g/mol. The van der Waals surface area contributed by atoms with Crippen LogP contribution in [-0.2, 0) is 13.2 Å². The van der Waals surface area contributed by atoms with Gasteiger partial charge in [-0.2, -0.15) is 0 Å². The highest BCUT2D eigenvalue weighted by atomic mass is 32.1. The Morgan fingerprint density at radius 3 is 3.00 bits per heavy atom. The molecular formula is C12H14N2OS. The number of hydrogen-bond donors (Lipinski definition) is 1. The van der Waals surface area contributed by atoms with Crippen molar-refractivity contribution in [2.24, 2.45) is 5.73 Å². The second-order valence-corrected chi connectivity index (χ2v) is 4.49. The third-order valence-corrected chi connectivity index (χ3v) is 3.11. The van der Waals surface area contributed by atoms with Gasteiger partial charge in [0.15, 0.2) is 0 Å². The number of aryl methyl sites for hydroxylation is 1. The van der Waals surface area contributed by atoms with Crippen LogP contribution in [0.25, 0.3) is 0 Å². The number of para-hydroxylation sites is 1. The second kappa shape index (κ2) is 5.09. The molecular weight excluding hydrogens is 220 g/mol. The third-order valence-electron chi connectivity index (χ3n) is 2.36. The predicted octanol–water partition coefficient (Wildman–Crippen LogP) is 2.49. The summed E-state index contributed by atoms with van der Waals surface area (Å²) in [5, 5.41) is 0. The first-order valence-corrected chi connectivity index (χ1v) is 5.98. The van der Waals surface area contributed by atoms with Gasteiger partial charge in [0.1, 0.15) is 12.4 Å². The lowest BCUT2D eigenvalue weighted by molar-refractivity contribution is 0.304. The molecule has 0 saturated heterocycles. The molecule has 2 rings (SSSR count). The van der Waals surface area contributed by atoms with E-state index in [1.807, 2.05) is 31.3 Å². The van der Waals surface area contributed by atoms with Crippen molar-refractivity contribution in [3.63, 3.8) is 0 Å².